The Balaban J connectivity index is 3.18. The third-order valence-electron chi connectivity index (χ3n) is 1.97. The van der Waals surface area contributed by atoms with Crippen LogP contribution in [0, 0.1) is 0 Å². The molecule has 1 heterocycles. The number of H-pyrrole nitrogens is 1. The van der Waals surface area contributed by atoms with Gasteiger partial charge < -0.3 is 10.1 Å². The maximum absolute atomic E-state index is 11.8. The molecule has 0 atom stereocenters. The molecule has 1 aromatic rings. The van der Waals surface area contributed by atoms with Crippen LogP contribution in [0.3, 0.4) is 0 Å². The summed E-state index contributed by atoms with van der Waals surface area (Å²) in [6.45, 7) is 2.58. The summed E-state index contributed by atoms with van der Waals surface area (Å²) in [4.78, 5) is 2.62. The Kier molecular flexibility index (Phi) is 2.49. The predicted octanol–water partition coefficient (Wildman–Crippen LogP) is 0.559. The molecule has 0 aliphatic heterocycles. The van der Waals surface area contributed by atoms with Crippen LogP contribution < -0.4 is 0 Å². The van der Waals surface area contributed by atoms with Crippen LogP contribution in [-0.4, -0.2) is 29.9 Å². The Labute approximate surface area is 77.5 Å². The van der Waals surface area contributed by atoms with Gasteiger partial charge in [0, 0.05) is 6.20 Å². The van der Waals surface area contributed by atoms with E-state index < -0.39 is 21.2 Å². The number of aliphatic hydroxyl groups is 1. The summed E-state index contributed by atoms with van der Waals surface area (Å²) in [5.74, 6) is 0. The van der Waals surface area contributed by atoms with E-state index in [-0.39, 0.29) is 5.03 Å². The van der Waals surface area contributed by atoms with E-state index in [1.807, 2.05) is 0 Å². The first-order valence-electron chi connectivity index (χ1n) is 3.91. The lowest BCUT2D eigenvalue weighted by Crippen LogP contribution is -2.35. The second kappa shape index (κ2) is 3.16. The highest BCUT2D eigenvalue weighted by atomic mass is 32.2. The number of hydrogen-bond donors (Lipinski definition) is 2. The number of nitrogens with one attached hydrogen (secondary N) is 1. The topological polar surface area (TPSA) is 70.2 Å². The molecule has 0 saturated carbocycles. The zero-order valence-electron chi connectivity index (χ0n) is 7.61. The lowest BCUT2D eigenvalue weighted by Gasteiger charge is -2.20. The first kappa shape index (κ1) is 10.3. The zero-order valence-corrected chi connectivity index (χ0v) is 8.43. The molecular weight excluding hydrogens is 190 g/mol. The Morgan fingerprint density at radius 2 is 2.15 bits per heavy atom. The minimum Gasteiger partial charge on any atom is -0.395 e. The van der Waals surface area contributed by atoms with Crippen molar-refractivity contribution >= 4 is 9.84 Å². The van der Waals surface area contributed by atoms with Gasteiger partial charge in [0.15, 0.2) is 0 Å². The van der Waals surface area contributed by atoms with Gasteiger partial charge in [-0.25, -0.2) is 8.42 Å². The van der Waals surface area contributed by atoms with Gasteiger partial charge in [0.05, 0.1) is 11.4 Å². The number of aliphatic hydroxyl groups excluding tert-OH is 1. The van der Waals surface area contributed by atoms with Crippen LogP contribution in [-0.2, 0) is 9.84 Å². The SMILES string of the molecule is CC(C)(CO)S(=O)(=O)c1ccc[nH]1. The van der Waals surface area contributed by atoms with Gasteiger partial charge in [0.25, 0.3) is 0 Å². The molecule has 74 valence electrons. The summed E-state index contributed by atoms with van der Waals surface area (Å²) in [5.41, 5.74) is 0. The Morgan fingerprint density at radius 1 is 1.54 bits per heavy atom. The molecule has 13 heavy (non-hydrogen) atoms. The highest BCUT2D eigenvalue weighted by molar-refractivity contribution is 7.92. The summed E-state index contributed by atoms with van der Waals surface area (Å²) in [5, 5.41) is 9.08. The number of hydrogen-bond acceptors (Lipinski definition) is 3. The summed E-state index contributed by atoms with van der Waals surface area (Å²) >= 11 is 0. The molecule has 1 aromatic heterocycles. The second-order valence-corrected chi connectivity index (χ2v) is 6.01. The van der Waals surface area contributed by atoms with Crippen molar-refractivity contribution in [3.8, 4) is 0 Å². The summed E-state index contributed by atoms with van der Waals surface area (Å²) in [7, 11) is -3.45. The van der Waals surface area contributed by atoms with Crippen molar-refractivity contribution in [2.24, 2.45) is 0 Å². The van der Waals surface area contributed by atoms with Crippen LogP contribution in [0.25, 0.3) is 0 Å². The van der Waals surface area contributed by atoms with Gasteiger partial charge in [0.1, 0.15) is 5.03 Å². The quantitative estimate of drug-likeness (QED) is 0.754. The van der Waals surface area contributed by atoms with E-state index in [9.17, 15) is 8.42 Å². The van der Waals surface area contributed by atoms with Crippen LogP contribution in [0.1, 0.15) is 13.8 Å². The first-order chi connectivity index (χ1) is 5.92. The molecule has 0 bridgehead atoms. The average molecular weight is 203 g/mol. The molecule has 1 rings (SSSR count). The highest BCUT2D eigenvalue weighted by Gasteiger charge is 2.35. The lowest BCUT2D eigenvalue weighted by molar-refractivity contribution is 0.258. The molecule has 0 aliphatic carbocycles. The van der Waals surface area contributed by atoms with E-state index in [1.54, 1.807) is 12.3 Å². The van der Waals surface area contributed by atoms with Gasteiger partial charge in [-0.2, -0.15) is 0 Å². The third-order valence-corrected chi connectivity index (χ3v) is 4.38. The summed E-state index contributed by atoms with van der Waals surface area (Å²) in [6.07, 6.45) is 1.54. The molecule has 4 nitrogen and oxygen atoms in total. The van der Waals surface area contributed by atoms with E-state index in [1.165, 1.54) is 19.9 Å². The number of rotatable bonds is 3. The molecule has 0 unspecified atom stereocenters. The van der Waals surface area contributed by atoms with E-state index in [2.05, 4.69) is 4.98 Å². The monoisotopic (exact) mass is 203 g/mol. The van der Waals surface area contributed by atoms with E-state index >= 15 is 0 Å². The van der Waals surface area contributed by atoms with Crippen molar-refractivity contribution in [2.45, 2.75) is 23.6 Å². The molecule has 0 amide bonds. The van der Waals surface area contributed by atoms with Gasteiger partial charge in [0.2, 0.25) is 9.84 Å². The van der Waals surface area contributed by atoms with Crippen molar-refractivity contribution in [1.82, 2.24) is 4.98 Å². The van der Waals surface area contributed by atoms with Crippen molar-refractivity contribution in [1.29, 1.82) is 0 Å². The molecule has 0 fully saturated rings. The van der Waals surface area contributed by atoms with Crippen molar-refractivity contribution in [2.75, 3.05) is 6.61 Å². The third kappa shape index (κ3) is 1.62. The van der Waals surface area contributed by atoms with Crippen LogP contribution in [0.4, 0.5) is 0 Å². The fourth-order valence-electron chi connectivity index (χ4n) is 0.864. The molecule has 0 radical (unpaired) electrons. The van der Waals surface area contributed by atoms with E-state index in [0.717, 1.165) is 0 Å². The van der Waals surface area contributed by atoms with Gasteiger partial charge in [-0.1, -0.05) is 0 Å². The van der Waals surface area contributed by atoms with Crippen molar-refractivity contribution in [3.05, 3.63) is 18.3 Å². The smallest absolute Gasteiger partial charge is 0.200 e. The van der Waals surface area contributed by atoms with Gasteiger partial charge in [-0.15, -0.1) is 0 Å². The normalized spacial score (nSPS) is 13.2. The van der Waals surface area contributed by atoms with Gasteiger partial charge >= 0.3 is 0 Å². The molecule has 0 aliphatic rings. The molecule has 0 spiro atoms. The fraction of sp³-hybridized carbons (Fsp3) is 0.500. The summed E-state index contributed by atoms with van der Waals surface area (Å²) in [6, 6.07) is 3.09. The van der Waals surface area contributed by atoms with Crippen LogP contribution in [0.15, 0.2) is 23.4 Å². The molecule has 2 N–H and O–H groups in total. The molecular formula is C8H13NO3S. The fourth-order valence-corrected chi connectivity index (χ4v) is 2.11. The Hall–Kier alpha value is -0.810. The van der Waals surface area contributed by atoms with E-state index in [4.69, 9.17) is 5.11 Å². The first-order valence-corrected chi connectivity index (χ1v) is 5.39. The molecule has 0 saturated heterocycles. The van der Waals surface area contributed by atoms with E-state index in [0.29, 0.717) is 0 Å². The second-order valence-electron chi connectivity index (χ2n) is 3.46. The molecule has 0 aromatic carbocycles. The highest BCUT2D eigenvalue weighted by Crippen LogP contribution is 2.22. The van der Waals surface area contributed by atoms with Gasteiger partial charge in [-0.05, 0) is 26.0 Å². The average Bonchev–Trinajstić information content (AvgIpc) is 2.56. The molecule has 5 heteroatoms. The van der Waals surface area contributed by atoms with Crippen LogP contribution >= 0.6 is 0 Å². The Morgan fingerprint density at radius 3 is 2.54 bits per heavy atom. The summed E-state index contributed by atoms with van der Waals surface area (Å²) < 4.78 is 22.4. The van der Waals surface area contributed by atoms with Gasteiger partial charge in [-0.3, -0.25) is 0 Å². The van der Waals surface area contributed by atoms with Crippen LogP contribution in [0.2, 0.25) is 0 Å². The lowest BCUT2D eigenvalue weighted by atomic mass is 10.2. The minimum atomic E-state index is -3.45. The van der Waals surface area contributed by atoms with Crippen LogP contribution in [0.5, 0.6) is 0 Å². The zero-order chi connectivity index (χ0) is 10.1. The van der Waals surface area contributed by atoms with Crippen molar-refractivity contribution in [3.63, 3.8) is 0 Å². The predicted molar refractivity (Wildman–Crippen MR) is 49.1 cm³/mol. The maximum atomic E-state index is 11.8. The maximum Gasteiger partial charge on any atom is 0.200 e. The number of aromatic amines is 1. The number of aromatic nitrogens is 1. The minimum absolute atomic E-state index is 0.145. The van der Waals surface area contributed by atoms with Crippen molar-refractivity contribution < 1.29 is 13.5 Å². The standard InChI is InChI=1S/C8H13NO3S/c1-8(2,6-10)13(11,12)7-4-3-5-9-7/h3-5,9-10H,6H2,1-2H3. The Bertz CT molecular complexity index is 364. The number of sulfone groups is 1. The largest absolute Gasteiger partial charge is 0.395 e.